The highest BCUT2D eigenvalue weighted by Crippen LogP contribution is 2.33. The molecular weight excluding hydrogens is 711 g/mol. The third kappa shape index (κ3) is 7.15. The van der Waals surface area contributed by atoms with Crippen molar-refractivity contribution in [2.75, 3.05) is 39.8 Å². The van der Waals surface area contributed by atoms with Gasteiger partial charge < -0.3 is 9.47 Å². The topological polar surface area (TPSA) is 163 Å². The molecule has 1 unspecified atom stereocenters. The summed E-state index contributed by atoms with van der Waals surface area (Å²) in [5, 5.41) is 3.35. The average Bonchev–Trinajstić information content (AvgIpc) is 3.59. The minimum atomic E-state index is -4.36. The Labute approximate surface area is 275 Å². The standard InChI is InChI=1S/C15H21NO4.C13H13BrFN5O4S2/c1-10-7-6-8-11(2)14(10)16(13(17)9-19-4)12(3)15(18)20-5;1-8-12(14)10-5-4-9(15)6-11(10)20(8)25(21,22)13-16-7-19(17-13)26(23,24)18(2)3/h6-8,12H,9H2,1-5H3;4-7H,1-3H3. The first kappa shape index (κ1) is 36.8. The van der Waals surface area contributed by atoms with Crippen LogP contribution in [0, 0.1) is 26.6 Å². The number of anilines is 1. The number of methoxy groups -OCH3 is 2. The highest BCUT2D eigenvalue weighted by Gasteiger charge is 2.31. The lowest BCUT2D eigenvalue weighted by Crippen LogP contribution is -2.46. The molecule has 0 radical (unpaired) electrons. The molecule has 46 heavy (non-hydrogen) atoms. The minimum Gasteiger partial charge on any atom is -0.467 e. The molecular formula is C28H34BrFN6O8S2. The molecule has 250 valence electrons. The second-order valence-electron chi connectivity index (χ2n) is 10.2. The number of hydrogen-bond acceptors (Lipinski definition) is 10. The third-order valence-electron chi connectivity index (χ3n) is 6.80. The summed E-state index contributed by atoms with van der Waals surface area (Å²) >= 11 is 3.29. The Morgan fingerprint density at radius 3 is 2.20 bits per heavy atom. The molecule has 0 fully saturated rings. The highest BCUT2D eigenvalue weighted by atomic mass is 79.9. The lowest BCUT2D eigenvalue weighted by molar-refractivity contribution is -0.143. The van der Waals surface area contributed by atoms with Crippen LogP contribution >= 0.6 is 15.9 Å². The van der Waals surface area contributed by atoms with Crippen LogP contribution < -0.4 is 4.90 Å². The largest absolute Gasteiger partial charge is 0.467 e. The van der Waals surface area contributed by atoms with Crippen LogP contribution in [0.3, 0.4) is 0 Å². The Kier molecular flexibility index (Phi) is 11.5. The fraction of sp³-hybridized carbons (Fsp3) is 0.357. The van der Waals surface area contributed by atoms with Gasteiger partial charge in [-0.1, -0.05) is 18.2 Å². The van der Waals surface area contributed by atoms with E-state index in [1.165, 1.54) is 52.3 Å². The fourth-order valence-electron chi connectivity index (χ4n) is 4.53. The van der Waals surface area contributed by atoms with Gasteiger partial charge in [-0.3, -0.25) is 9.69 Å². The number of carbonyl (C=O) groups is 2. The van der Waals surface area contributed by atoms with Gasteiger partial charge in [0.15, 0.2) is 0 Å². The number of ether oxygens (including phenoxy) is 2. The van der Waals surface area contributed by atoms with Crippen LogP contribution in [0.2, 0.25) is 0 Å². The summed E-state index contributed by atoms with van der Waals surface area (Å²) in [4.78, 5) is 29.2. The maximum atomic E-state index is 13.7. The van der Waals surface area contributed by atoms with Crippen molar-refractivity contribution < 1.29 is 40.3 Å². The van der Waals surface area contributed by atoms with Gasteiger partial charge in [-0.2, -0.15) is 21.1 Å². The van der Waals surface area contributed by atoms with Crippen LogP contribution in [-0.4, -0.2) is 92.1 Å². The number of para-hydroxylation sites is 1. The Morgan fingerprint density at radius 2 is 1.65 bits per heavy atom. The van der Waals surface area contributed by atoms with E-state index < -0.39 is 43.2 Å². The molecule has 0 saturated heterocycles. The number of halogens is 2. The Morgan fingerprint density at radius 1 is 1.04 bits per heavy atom. The fourth-order valence-corrected chi connectivity index (χ4v) is 7.29. The monoisotopic (exact) mass is 744 g/mol. The van der Waals surface area contributed by atoms with E-state index in [1.807, 2.05) is 32.0 Å². The van der Waals surface area contributed by atoms with Gasteiger partial charge in [-0.15, -0.1) is 9.19 Å². The van der Waals surface area contributed by atoms with Crippen molar-refractivity contribution >= 4 is 64.6 Å². The third-order valence-corrected chi connectivity index (χ3v) is 11.0. The van der Waals surface area contributed by atoms with Crippen molar-refractivity contribution in [2.45, 2.75) is 38.9 Å². The summed E-state index contributed by atoms with van der Waals surface area (Å²) in [7, 11) is -3.08. The van der Waals surface area contributed by atoms with Crippen molar-refractivity contribution in [3.8, 4) is 0 Å². The van der Waals surface area contributed by atoms with E-state index in [-0.39, 0.29) is 23.7 Å². The number of rotatable bonds is 9. The molecule has 0 saturated carbocycles. The van der Waals surface area contributed by atoms with E-state index in [2.05, 4.69) is 26.0 Å². The van der Waals surface area contributed by atoms with Crippen molar-refractivity contribution in [1.29, 1.82) is 0 Å². The van der Waals surface area contributed by atoms with E-state index >= 15 is 0 Å². The second-order valence-corrected chi connectivity index (χ2v) is 14.6. The number of aromatic nitrogens is 4. The highest BCUT2D eigenvalue weighted by molar-refractivity contribution is 9.10. The summed E-state index contributed by atoms with van der Waals surface area (Å²) in [5.74, 6) is -1.35. The van der Waals surface area contributed by atoms with E-state index in [0.29, 0.717) is 13.9 Å². The molecule has 0 aliphatic carbocycles. The second kappa shape index (κ2) is 14.4. The summed E-state index contributed by atoms with van der Waals surface area (Å²) in [6.45, 7) is 6.88. The van der Waals surface area contributed by atoms with Crippen molar-refractivity contribution in [1.82, 2.24) is 22.4 Å². The molecule has 0 aliphatic rings. The predicted octanol–water partition coefficient (Wildman–Crippen LogP) is 3.18. The molecule has 4 aromatic rings. The predicted molar refractivity (Wildman–Crippen MR) is 172 cm³/mol. The molecule has 2 aromatic heterocycles. The van der Waals surface area contributed by atoms with Crippen molar-refractivity contribution in [3.05, 3.63) is 69.8 Å². The number of benzene rings is 2. The van der Waals surface area contributed by atoms with Crippen molar-refractivity contribution in [2.24, 2.45) is 0 Å². The maximum absolute atomic E-state index is 13.7. The van der Waals surface area contributed by atoms with Crippen molar-refractivity contribution in [3.63, 3.8) is 0 Å². The number of amides is 1. The van der Waals surface area contributed by atoms with E-state index in [4.69, 9.17) is 9.47 Å². The molecule has 1 atom stereocenters. The maximum Gasteiger partial charge on any atom is 0.328 e. The minimum absolute atomic E-state index is 0.0844. The molecule has 0 spiro atoms. The summed E-state index contributed by atoms with van der Waals surface area (Å²) in [6, 6.07) is 8.73. The van der Waals surface area contributed by atoms with Gasteiger partial charge in [-0.25, -0.2) is 18.1 Å². The van der Waals surface area contributed by atoms with Crippen LogP contribution in [-0.2, 0) is 39.3 Å². The van der Waals surface area contributed by atoms with Crippen LogP contribution in [0.25, 0.3) is 10.9 Å². The first-order valence-corrected chi connectivity index (χ1v) is 17.1. The SMILES string of the molecule is COCC(=O)N(c1c(C)cccc1C)C(C)C(=O)OC.Cc1c(Br)c2ccc(F)cc2n1S(=O)(=O)c1ncn(S(=O)(=O)N(C)C)n1. The first-order valence-electron chi connectivity index (χ1n) is 13.4. The van der Waals surface area contributed by atoms with Gasteiger partial charge in [0.1, 0.15) is 24.8 Å². The number of esters is 1. The normalized spacial score (nSPS) is 12.5. The molecule has 0 aliphatic heterocycles. The van der Waals surface area contributed by atoms with Gasteiger partial charge in [0.25, 0.3) is 11.1 Å². The van der Waals surface area contributed by atoms with Gasteiger partial charge >= 0.3 is 26.2 Å². The molecule has 14 nitrogen and oxygen atoms in total. The molecule has 0 bridgehead atoms. The van der Waals surface area contributed by atoms with E-state index in [1.54, 1.807) is 6.92 Å². The zero-order valence-corrected chi connectivity index (χ0v) is 29.6. The van der Waals surface area contributed by atoms with Gasteiger partial charge in [-0.05, 0) is 73.0 Å². The quantitative estimate of drug-likeness (QED) is 0.233. The number of fused-ring (bicyclic) bond motifs is 1. The number of aryl methyl sites for hydroxylation is 2. The lowest BCUT2D eigenvalue weighted by atomic mass is 10.1. The molecule has 0 N–H and O–H groups in total. The number of hydrogen-bond donors (Lipinski definition) is 0. The van der Waals surface area contributed by atoms with Gasteiger partial charge in [0, 0.05) is 36.8 Å². The van der Waals surface area contributed by atoms with Crippen LogP contribution in [0.15, 0.2) is 52.4 Å². The Bertz CT molecular complexity index is 1970. The number of nitrogens with zero attached hydrogens (tertiary/aromatic N) is 6. The molecule has 4 rings (SSSR count). The molecule has 2 heterocycles. The number of carbonyl (C=O) groups excluding carboxylic acids is 2. The molecule has 2 aromatic carbocycles. The average molecular weight is 746 g/mol. The summed E-state index contributed by atoms with van der Waals surface area (Å²) in [6.07, 6.45) is 0.791. The molecule has 1 amide bonds. The van der Waals surface area contributed by atoms with E-state index in [0.717, 1.165) is 37.5 Å². The Hall–Kier alpha value is -3.71. The summed E-state index contributed by atoms with van der Waals surface area (Å²) in [5.41, 5.74) is 2.93. The zero-order chi connectivity index (χ0) is 34.7. The smallest absolute Gasteiger partial charge is 0.328 e. The lowest BCUT2D eigenvalue weighted by Gasteiger charge is -2.30. The molecule has 18 heteroatoms. The first-order chi connectivity index (χ1) is 21.4. The van der Waals surface area contributed by atoms with E-state index in [9.17, 15) is 30.8 Å². The van der Waals surface area contributed by atoms with Crippen LogP contribution in [0.1, 0.15) is 23.7 Å². The zero-order valence-electron chi connectivity index (χ0n) is 26.3. The van der Waals surface area contributed by atoms with Crippen LogP contribution in [0.4, 0.5) is 10.1 Å². The van der Waals surface area contributed by atoms with Gasteiger partial charge in [0.05, 0.1) is 18.3 Å². The van der Waals surface area contributed by atoms with Crippen LogP contribution in [0.5, 0.6) is 0 Å². The van der Waals surface area contributed by atoms with Gasteiger partial charge in [0.2, 0.25) is 0 Å². The Balaban J connectivity index is 0.000000260. The summed E-state index contributed by atoms with van der Waals surface area (Å²) < 4.78 is 76.0.